The smallest absolute Gasteiger partial charge is 0.258 e. The Bertz CT molecular complexity index is 640. The zero-order chi connectivity index (χ0) is 15.2. The number of hydrogen-bond acceptors (Lipinski definition) is 2. The molecule has 3 nitrogen and oxygen atoms in total. The average molecular weight is 304 g/mol. The van der Waals surface area contributed by atoms with E-state index in [1.807, 2.05) is 50.2 Å². The Morgan fingerprint density at radius 1 is 1.19 bits per heavy atom. The summed E-state index contributed by atoms with van der Waals surface area (Å²) in [6.45, 7) is 4.44. The molecule has 4 heteroatoms. The van der Waals surface area contributed by atoms with Gasteiger partial charge < -0.3 is 10.1 Å². The third kappa shape index (κ3) is 4.50. The third-order valence-corrected chi connectivity index (χ3v) is 3.53. The third-order valence-electron chi connectivity index (χ3n) is 3.29. The lowest BCUT2D eigenvalue weighted by Crippen LogP contribution is -2.28. The molecule has 0 spiro atoms. The number of aryl methyl sites for hydroxylation is 1. The second-order valence-electron chi connectivity index (χ2n) is 4.89. The highest BCUT2D eigenvalue weighted by atomic mass is 35.5. The van der Waals surface area contributed by atoms with E-state index in [9.17, 15) is 4.79 Å². The molecule has 0 saturated heterocycles. The van der Waals surface area contributed by atoms with Crippen LogP contribution >= 0.6 is 11.6 Å². The minimum absolute atomic E-state index is 0.00482. The van der Waals surface area contributed by atoms with Crippen molar-refractivity contribution in [2.75, 3.05) is 6.61 Å². The van der Waals surface area contributed by atoms with Crippen LogP contribution in [0.5, 0.6) is 5.75 Å². The Morgan fingerprint density at radius 2 is 1.95 bits per heavy atom. The van der Waals surface area contributed by atoms with Gasteiger partial charge in [-0.25, -0.2) is 0 Å². The second-order valence-corrected chi connectivity index (χ2v) is 5.33. The SMILES string of the molecule is Cc1cccc(OCC(=O)NCc2cccc(Cl)c2)c1C. The van der Waals surface area contributed by atoms with Gasteiger partial charge >= 0.3 is 0 Å². The molecule has 0 bridgehead atoms. The monoisotopic (exact) mass is 303 g/mol. The Morgan fingerprint density at radius 3 is 2.71 bits per heavy atom. The number of hydrogen-bond donors (Lipinski definition) is 1. The van der Waals surface area contributed by atoms with Crippen molar-refractivity contribution in [1.82, 2.24) is 5.32 Å². The first-order valence-corrected chi connectivity index (χ1v) is 7.14. The molecule has 0 fully saturated rings. The molecule has 110 valence electrons. The Labute approximate surface area is 129 Å². The van der Waals surface area contributed by atoms with Gasteiger partial charge in [0.1, 0.15) is 5.75 Å². The van der Waals surface area contributed by atoms with Gasteiger partial charge in [0.15, 0.2) is 6.61 Å². The first-order valence-electron chi connectivity index (χ1n) is 6.76. The van der Waals surface area contributed by atoms with Crippen LogP contribution in [0.2, 0.25) is 5.02 Å². The topological polar surface area (TPSA) is 38.3 Å². The van der Waals surface area contributed by atoms with E-state index in [-0.39, 0.29) is 12.5 Å². The summed E-state index contributed by atoms with van der Waals surface area (Å²) >= 11 is 5.90. The van der Waals surface area contributed by atoms with Crippen molar-refractivity contribution < 1.29 is 9.53 Å². The van der Waals surface area contributed by atoms with Crippen LogP contribution in [0.15, 0.2) is 42.5 Å². The maximum atomic E-state index is 11.8. The predicted octanol–water partition coefficient (Wildman–Crippen LogP) is 3.65. The van der Waals surface area contributed by atoms with Crippen molar-refractivity contribution in [3.05, 3.63) is 64.2 Å². The fourth-order valence-corrected chi connectivity index (χ4v) is 2.14. The molecular formula is C17H18ClNO2. The van der Waals surface area contributed by atoms with Gasteiger partial charge in [-0.05, 0) is 48.7 Å². The standard InChI is InChI=1S/C17H18ClNO2/c1-12-5-3-8-16(13(12)2)21-11-17(20)19-10-14-6-4-7-15(18)9-14/h3-9H,10-11H2,1-2H3,(H,19,20). The summed E-state index contributed by atoms with van der Waals surface area (Å²) in [6, 6.07) is 13.2. The van der Waals surface area contributed by atoms with Gasteiger partial charge in [0.2, 0.25) is 0 Å². The number of benzene rings is 2. The van der Waals surface area contributed by atoms with E-state index in [1.54, 1.807) is 6.07 Å². The van der Waals surface area contributed by atoms with Crippen LogP contribution in [0, 0.1) is 13.8 Å². The summed E-state index contributed by atoms with van der Waals surface area (Å²) in [6.07, 6.45) is 0. The number of halogens is 1. The molecule has 2 aromatic rings. The van der Waals surface area contributed by atoms with E-state index in [0.29, 0.717) is 11.6 Å². The van der Waals surface area contributed by atoms with Crippen molar-refractivity contribution in [2.24, 2.45) is 0 Å². The van der Waals surface area contributed by atoms with E-state index in [4.69, 9.17) is 16.3 Å². The van der Waals surface area contributed by atoms with E-state index < -0.39 is 0 Å². The predicted molar refractivity (Wildman–Crippen MR) is 84.7 cm³/mol. The van der Waals surface area contributed by atoms with Crippen LogP contribution in [-0.2, 0) is 11.3 Å². The average Bonchev–Trinajstić information content (AvgIpc) is 2.47. The summed E-state index contributed by atoms with van der Waals surface area (Å²) in [5.74, 6) is 0.587. The van der Waals surface area contributed by atoms with Gasteiger partial charge in [-0.1, -0.05) is 35.9 Å². The number of rotatable bonds is 5. The quantitative estimate of drug-likeness (QED) is 0.915. The lowest BCUT2D eigenvalue weighted by atomic mass is 10.1. The highest BCUT2D eigenvalue weighted by Gasteiger charge is 2.06. The minimum atomic E-state index is -0.157. The van der Waals surface area contributed by atoms with Crippen molar-refractivity contribution in [3.63, 3.8) is 0 Å². The van der Waals surface area contributed by atoms with E-state index in [2.05, 4.69) is 5.32 Å². The van der Waals surface area contributed by atoms with Crippen LogP contribution in [0.1, 0.15) is 16.7 Å². The molecule has 0 atom stereocenters. The summed E-state index contributed by atoms with van der Waals surface area (Å²) in [5.41, 5.74) is 3.16. The first-order chi connectivity index (χ1) is 10.1. The van der Waals surface area contributed by atoms with E-state index in [0.717, 1.165) is 22.4 Å². The largest absolute Gasteiger partial charge is 0.483 e. The van der Waals surface area contributed by atoms with Crippen molar-refractivity contribution >= 4 is 17.5 Å². The van der Waals surface area contributed by atoms with Crippen LogP contribution in [0.25, 0.3) is 0 Å². The number of nitrogens with one attached hydrogen (secondary N) is 1. The molecule has 0 aliphatic carbocycles. The van der Waals surface area contributed by atoms with Crippen LogP contribution < -0.4 is 10.1 Å². The molecule has 2 aromatic carbocycles. The number of ether oxygens (including phenoxy) is 1. The maximum absolute atomic E-state index is 11.8. The van der Waals surface area contributed by atoms with Gasteiger partial charge in [-0.2, -0.15) is 0 Å². The second kappa shape index (κ2) is 7.14. The van der Waals surface area contributed by atoms with Gasteiger partial charge in [0, 0.05) is 11.6 Å². The maximum Gasteiger partial charge on any atom is 0.258 e. The van der Waals surface area contributed by atoms with Gasteiger partial charge in [-0.3, -0.25) is 4.79 Å². The summed E-state index contributed by atoms with van der Waals surface area (Å²) < 4.78 is 5.55. The fourth-order valence-electron chi connectivity index (χ4n) is 1.92. The zero-order valence-corrected chi connectivity index (χ0v) is 12.9. The molecule has 0 radical (unpaired) electrons. The molecule has 0 heterocycles. The molecule has 1 amide bonds. The molecule has 1 N–H and O–H groups in total. The minimum Gasteiger partial charge on any atom is -0.483 e. The van der Waals surface area contributed by atoms with Gasteiger partial charge in [-0.15, -0.1) is 0 Å². The molecule has 0 aliphatic heterocycles. The van der Waals surface area contributed by atoms with Crippen LogP contribution in [0.4, 0.5) is 0 Å². The van der Waals surface area contributed by atoms with Crippen LogP contribution in [0.3, 0.4) is 0 Å². The van der Waals surface area contributed by atoms with Crippen molar-refractivity contribution in [1.29, 1.82) is 0 Å². The van der Waals surface area contributed by atoms with Gasteiger partial charge in [0.25, 0.3) is 5.91 Å². The number of amides is 1. The molecule has 0 aromatic heterocycles. The molecule has 0 saturated carbocycles. The molecule has 2 rings (SSSR count). The molecule has 0 unspecified atom stereocenters. The Kier molecular flexibility index (Phi) is 5.23. The Hall–Kier alpha value is -2.00. The van der Waals surface area contributed by atoms with E-state index in [1.165, 1.54) is 0 Å². The highest BCUT2D eigenvalue weighted by molar-refractivity contribution is 6.30. The Balaban J connectivity index is 1.84. The van der Waals surface area contributed by atoms with Crippen molar-refractivity contribution in [3.8, 4) is 5.75 Å². The zero-order valence-electron chi connectivity index (χ0n) is 12.2. The van der Waals surface area contributed by atoms with Crippen LogP contribution in [-0.4, -0.2) is 12.5 Å². The lowest BCUT2D eigenvalue weighted by Gasteiger charge is -2.11. The van der Waals surface area contributed by atoms with E-state index >= 15 is 0 Å². The first kappa shape index (κ1) is 15.4. The number of carbonyl (C=O) groups excluding carboxylic acids is 1. The molecule has 21 heavy (non-hydrogen) atoms. The molecule has 0 aliphatic rings. The fraction of sp³-hybridized carbons (Fsp3) is 0.235. The number of carbonyl (C=O) groups is 1. The highest BCUT2D eigenvalue weighted by Crippen LogP contribution is 2.20. The molecular weight excluding hydrogens is 286 g/mol. The summed E-state index contributed by atoms with van der Waals surface area (Å²) in [7, 11) is 0. The van der Waals surface area contributed by atoms with Gasteiger partial charge in [0.05, 0.1) is 0 Å². The summed E-state index contributed by atoms with van der Waals surface area (Å²) in [4.78, 5) is 11.8. The summed E-state index contributed by atoms with van der Waals surface area (Å²) in [5, 5.41) is 3.47. The normalized spacial score (nSPS) is 10.2. The van der Waals surface area contributed by atoms with Crippen molar-refractivity contribution in [2.45, 2.75) is 20.4 Å². The lowest BCUT2D eigenvalue weighted by molar-refractivity contribution is -0.123.